The van der Waals surface area contributed by atoms with Crippen LogP contribution in [0.15, 0.2) is 35.4 Å². The molecule has 1 aliphatic heterocycles. The van der Waals surface area contributed by atoms with E-state index in [0.717, 1.165) is 38.5 Å². The van der Waals surface area contributed by atoms with Gasteiger partial charge < -0.3 is 9.47 Å². The zero-order valence-corrected chi connectivity index (χ0v) is 16.7. The lowest BCUT2D eigenvalue weighted by atomic mass is 10.1. The molecule has 1 rings (SSSR count). The number of unbranched alkanes of at least 4 members (excludes halogenated alkanes) is 3. The summed E-state index contributed by atoms with van der Waals surface area (Å²) in [4.78, 5) is 12.9. The van der Waals surface area contributed by atoms with Crippen molar-refractivity contribution in [1.29, 1.82) is 0 Å². The number of hydrogen-bond donors (Lipinski definition) is 0. The van der Waals surface area contributed by atoms with Crippen LogP contribution < -0.4 is 0 Å². The third kappa shape index (κ3) is 11.8. The van der Waals surface area contributed by atoms with Crippen LogP contribution in [0.1, 0.15) is 57.8 Å². The first-order chi connectivity index (χ1) is 12.3. The molecule has 4 heteroatoms. The van der Waals surface area contributed by atoms with Gasteiger partial charge in [0, 0.05) is 6.42 Å². The smallest absolute Gasteiger partial charge is 0.305 e. The molecule has 0 unspecified atom stereocenters. The SMILES string of the molecule is COC(=O)CCC[C@@H]1CC[C@@H](C#C/C=C/CCCC/C=C/C=C\Br)O1. The second kappa shape index (κ2) is 15.0. The molecule has 1 fully saturated rings. The fourth-order valence-corrected chi connectivity index (χ4v) is 2.80. The summed E-state index contributed by atoms with van der Waals surface area (Å²) < 4.78 is 10.5. The summed E-state index contributed by atoms with van der Waals surface area (Å²) in [6.45, 7) is 0. The summed E-state index contributed by atoms with van der Waals surface area (Å²) in [5.74, 6) is 6.12. The topological polar surface area (TPSA) is 35.5 Å². The number of allylic oxidation sites excluding steroid dienone is 5. The highest BCUT2D eigenvalue weighted by atomic mass is 79.9. The normalized spacial score (nSPS) is 20.4. The molecule has 0 aliphatic carbocycles. The molecule has 1 aliphatic rings. The van der Waals surface area contributed by atoms with Crippen molar-refractivity contribution in [3.05, 3.63) is 35.4 Å². The number of esters is 1. The van der Waals surface area contributed by atoms with E-state index in [1.807, 2.05) is 17.1 Å². The fourth-order valence-electron chi connectivity index (χ4n) is 2.62. The maximum absolute atomic E-state index is 11.1. The van der Waals surface area contributed by atoms with Gasteiger partial charge in [0.1, 0.15) is 6.10 Å². The lowest BCUT2D eigenvalue weighted by Gasteiger charge is -2.09. The van der Waals surface area contributed by atoms with Gasteiger partial charge in [0.2, 0.25) is 0 Å². The summed E-state index contributed by atoms with van der Waals surface area (Å²) >= 11 is 3.23. The Hall–Kier alpha value is -1.31. The van der Waals surface area contributed by atoms with Crippen LogP contribution in [0, 0.1) is 11.8 Å². The van der Waals surface area contributed by atoms with Crippen LogP contribution in [0.5, 0.6) is 0 Å². The number of rotatable bonds is 10. The van der Waals surface area contributed by atoms with Gasteiger partial charge in [-0.2, -0.15) is 0 Å². The Morgan fingerprint density at radius 1 is 1.20 bits per heavy atom. The fraction of sp³-hybridized carbons (Fsp3) is 0.571. The van der Waals surface area contributed by atoms with Gasteiger partial charge in [-0.3, -0.25) is 4.79 Å². The van der Waals surface area contributed by atoms with E-state index >= 15 is 0 Å². The molecule has 1 heterocycles. The number of hydrogen-bond acceptors (Lipinski definition) is 3. The van der Waals surface area contributed by atoms with Crippen LogP contribution in [0.2, 0.25) is 0 Å². The van der Waals surface area contributed by atoms with Crippen LogP contribution in [0.25, 0.3) is 0 Å². The van der Waals surface area contributed by atoms with E-state index in [9.17, 15) is 4.79 Å². The number of carbonyl (C=O) groups excluding carboxylic acids is 1. The second-order valence-corrected chi connectivity index (χ2v) is 6.54. The quantitative estimate of drug-likeness (QED) is 0.208. The van der Waals surface area contributed by atoms with Crippen LogP contribution in [0.3, 0.4) is 0 Å². The van der Waals surface area contributed by atoms with Gasteiger partial charge >= 0.3 is 5.97 Å². The highest BCUT2D eigenvalue weighted by Gasteiger charge is 2.23. The maximum atomic E-state index is 11.1. The average molecular weight is 409 g/mol. The summed E-state index contributed by atoms with van der Waals surface area (Å²) in [5.41, 5.74) is 0. The minimum absolute atomic E-state index is 0.0420. The van der Waals surface area contributed by atoms with Gasteiger partial charge in [-0.25, -0.2) is 0 Å². The Labute approximate surface area is 160 Å². The van der Waals surface area contributed by atoms with Crippen LogP contribution >= 0.6 is 15.9 Å². The standard InChI is InChI=1S/C21H29BrO3/c1-24-21(23)15-12-14-20-17-16-19(25-20)13-10-8-6-4-2-3-5-7-9-11-18-22/h6-9,11,18-20H,2-5,12,14-17H2,1H3/b8-6+,9-7+,18-11-/t19-,20-/m1/s1. The molecular weight excluding hydrogens is 380 g/mol. The van der Waals surface area contributed by atoms with Crippen molar-refractivity contribution in [3.63, 3.8) is 0 Å². The molecule has 25 heavy (non-hydrogen) atoms. The molecule has 0 aromatic rings. The third-order valence-electron chi connectivity index (χ3n) is 4.00. The van der Waals surface area contributed by atoms with Crippen molar-refractivity contribution in [2.24, 2.45) is 0 Å². The number of carbonyl (C=O) groups is 1. The van der Waals surface area contributed by atoms with Crippen molar-refractivity contribution in [1.82, 2.24) is 0 Å². The molecule has 0 bridgehead atoms. The van der Waals surface area contributed by atoms with Gasteiger partial charge in [0.25, 0.3) is 0 Å². The minimum atomic E-state index is -0.147. The van der Waals surface area contributed by atoms with Gasteiger partial charge in [-0.05, 0) is 62.4 Å². The first-order valence-corrected chi connectivity index (χ1v) is 9.98. The zero-order chi connectivity index (χ0) is 18.2. The second-order valence-electron chi connectivity index (χ2n) is 6.01. The van der Waals surface area contributed by atoms with Gasteiger partial charge in [0.15, 0.2) is 0 Å². The molecule has 0 amide bonds. The molecular formula is C21H29BrO3. The van der Waals surface area contributed by atoms with Crippen molar-refractivity contribution < 1.29 is 14.3 Å². The van der Waals surface area contributed by atoms with E-state index in [1.165, 1.54) is 20.0 Å². The molecule has 0 saturated carbocycles. The molecule has 3 nitrogen and oxygen atoms in total. The van der Waals surface area contributed by atoms with Crippen LogP contribution in [-0.2, 0) is 14.3 Å². The summed E-state index contributed by atoms with van der Waals surface area (Å²) in [7, 11) is 1.42. The third-order valence-corrected chi connectivity index (χ3v) is 4.30. The summed E-state index contributed by atoms with van der Waals surface area (Å²) in [6, 6.07) is 0. The van der Waals surface area contributed by atoms with Crippen molar-refractivity contribution in [2.75, 3.05) is 7.11 Å². The van der Waals surface area contributed by atoms with E-state index in [4.69, 9.17) is 4.74 Å². The van der Waals surface area contributed by atoms with Gasteiger partial charge in [-0.15, -0.1) is 0 Å². The first-order valence-electron chi connectivity index (χ1n) is 9.06. The van der Waals surface area contributed by atoms with Gasteiger partial charge in [0.05, 0.1) is 13.2 Å². The van der Waals surface area contributed by atoms with Crippen LogP contribution in [0.4, 0.5) is 0 Å². The Balaban J connectivity index is 2.06. The predicted octanol–water partition coefficient (Wildman–Crippen LogP) is 5.46. The van der Waals surface area contributed by atoms with E-state index in [1.54, 1.807) is 0 Å². The molecule has 0 aromatic carbocycles. The van der Waals surface area contributed by atoms with Gasteiger partial charge in [-0.1, -0.05) is 52.1 Å². The van der Waals surface area contributed by atoms with E-state index < -0.39 is 0 Å². The number of halogens is 1. The minimum Gasteiger partial charge on any atom is -0.469 e. The van der Waals surface area contributed by atoms with E-state index in [0.29, 0.717) is 6.42 Å². The molecule has 138 valence electrons. The predicted molar refractivity (Wildman–Crippen MR) is 106 cm³/mol. The number of ether oxygens (including phenoxy) is 2. The monoisotopic (exact) mass is 408 g/mol. The Kier molecular flexibility index (Phi) is 13.0. The molecule has 0 N–H and O–H groups in total. The highest BCUT2D eigenvalue weighted by Crippen LogP contribution is 2.23. The lowest BCUT2D eigenvalue weighted by Crippen LogP contribution is -2.10. The zero-order valence-electron chi connectivity index (χ0n) is 15.1. The summed E-state index contributed by atoms with van der Waals surface area (Å²) in [5, 5.41) is 0. The summed E-state index contributed by atoms with van der Waals surface area (Å²) in [6.07, 6.45) is 19.3. The lowest BCUT2D eigenvalue weighted by molar-refractivity contribution is -0.140. The number of methoxy groups -OCH3 is 1. The largest absolute Gasteiger partial charge is 0.469 e. The maximum Gasteiger partial charge on any atom is 0.305 e. The van der Waals surface area contributed by atoms with E-state index in [-0.39, 0.29) is 18.2 Å². The molecule has 0 aromatic heterocycles. The Morgan fingerprint density at radius 2 is 2.00 bits per heavy atom. The molecule has 2 atom stereocenters. The Bertz CT molecular complexity index is 511. The first kappa shape index (κ1) is 21.7. The average Bonchev–Trinajstić information content (AvgIpc) is 3.07. The highest BCUT2D eigenvalue weighted by molar-refractivity contribution is 9.11. The Morgan fingerprint density at radius 3 is 2.76 bits per heavy atom. The molecule has 0 radical (unpaired) electrons. The molecule has 0 spiro atoms. The van der Waals surface area contributed by atoms with Crippen LogP contribution in [-0.4, -0.2) is 25.3 Å². The van der Waals surface area contributed by atoms with Crippen molar-refractivity contribution in [3.8, 4) is 11.8 Å². The molecule has 1 saturated heterocycles. The van der Waals surface area contributed by atoms with Crippen molar-refractivity contribution in [2.45, 2.75) is 70.0 Å². The van der Waals surface area contributed by atoms with E-state index in [2.05, 4.69) is 50.7 Å². The van der Waals surface area contributed by atoms with Crippen molar-refractivity contribution >= 4 is 21.9 Å².